The van der Waals surface area contributed by atoms with Crippen molar-refractivity contribution in [2.24, 2.45) is 0 Å². The van der Waals surface area contributed by atoms with Gasteiger partial charge in [0.05, 0.1) is 29.2 Å². The molecule has 3 rings (SSSR count). The predicted molar refractivity (Wildman–Crippen MR) is 78.9 cm³/mol. The van der Waals surface area contributed by atoms with E-state index in [1.54, 1.807) is 12.5 Å². The van der Waals surface area contributed by atoms with Gasteiger partial charge < -0.3 is 9.88 Å². The first-order chi connectivity index (χ1) is 9.64. The summed E-state index contributed by atoms with van der Waals surface area (Å²) in [6, 6.07) is 8.19. The van der Waals surface area contributed by atoms with Crippen molar-refractivity contribution in [3.05, 3.63) is 43.0 Å². The van der Waals surface area contributed by atoms with Gasteiger partial charge in [-0.2, -0.15) is 0 Å². The van der Waals surface area contributed by atoms with Crippen LogP contribution in [0.4, 0.5) is 5.69 Å². The second kappa shape index (κ2) is 5.28. The van der Waals surface area contributed by atoms with E-state index in [2.05, 4.69) is 10.3 Å². The summed E-state index contributed by atoms with van der Waals surface area (Å²) in [4.78, 5) is 4.06. The normalized spacial score (nSPS) is 18.8. The van der Waals surface area contributed by atoms with Crippen LogP contribution < -0.4 is 5.32 Å². The van der Waals surface area contributed by atoms with Gasteiger partial charge in [0.25, 0.3) is 0 Å². The number of rotatable bonds is 3. The molecule has 0 bridgehead atoms. The quantitative estimate of drug-likeness (QED) is 0.937. The molecule has 1 fully saturated rings. The maximum atomic E-state index is 11.5. The number of anilines is 1. The van der Waals surface area contributed by atoms with Crippen molar-refractivity contribution in [3.63, 3.8) is 0 Å². The highest BCUT2D eigenvalue weighted by atomic mass is 32.2. The second-order valence-corrected chi connectivity index (χ2v) is 7.36. The smallest absolute Gasteiger partial charge is 0.150 e. The van der Waals surface area contributed by atoms with E-state index < -0.39 is 9.84 Å². The molecule has 0 aliphatic carbocycles. The lowest BCUT2D eigenvalue weighted by atomic mass is 10.1. The van der Waals surface area contributed by atoms with Crippen LogP contribution in [0.15, 0.2) is 43.0 Å². The molecule has 106 valence electrons. The number of aromatic nitrogens is 2. The topological polar surface area (TPSA) is 64.0 Å². The number of nitrogens with one attached hydrogen (secondary N) is 1. The lowest BCUT2D eigenvalue weighted by Crippen LogP contribution is -2.32. The molecule has 0 unspecified atom stereocenters. The molecule has 1 aromatic carbocycles. The van der Waals surface area contributed by atoms with Crippen LogP contribution in [0.25, 0.3) is 5.69 Å². The molecule has 0 radical (unpaired) electrons. The number of sulfone groups is 1. The van der Waals surface area contributed by atoms with E-state index in [1.807, 2.05) is 35.0 Å². The molecule has 0 saturated carbocycles. The molecule has 1 aliphatic rings. The number of hydrogen-bond acceptors (Lipinski definition) is 4. The first-order valence-electron chi connectivity index (χ1n) is 6.68. The lowest BCUT2D eigenvalue weighted by Gasteiger charge is -2.25. The van der Waals surface area contributed by atoms with Gasteiger partial charge in [-0.1, -0.05) is 12.1 Å². The van der Waals surface area contributed by atoms with Crippen molar-refractivity contribution < 1.29 is 8.42 Å². The number of benzene rings is 1. The highest BCUT2D eigenvalue weighted by Crippen LogP contribution is 2.23. The van der Waals surface area contributed by atoms with Gasteiger partial charge in [-0.15, -0.1) is 0 Å². The molecule has 1 saturated heterocycles. The van der Waals surface area contributed by atoms with Gasteiger partial charge in [0, 0.05) is 18.4 Å². The van der Waals surface area contributed by atoms with Crippen LogP contribution in [0.5, 0.6) is 0 Å². The summed E-state index contributed by atoms with van der Waals surface area (Å²) >= 11 is 0. The molecule has 0 amide bonds. The van der Waals surface area contributed by atoms with Crippen LogP contribution in [-0.2, 0) is 9.84 Å². The van der Waals surface area contributed by atoms with Gasteiger partial charge in [-0.05, 0) is 25.0 Å². The first-order valence-corrected chi connectivity index (χ1v) is 8.50. The fourth-order valence-corrected chi connectivity index (χ4v) is 3.97. The van der Waals surface area contributed by atoms with Gasteiger partial charge in [-0.3, -0.25) is 0 Å². The Kier molecular flexibility index (Phi) is 3.48. The molecule has 0 atom stereocenters. The fraction of sp³-hybridized carbons (Fsp3) is 0.357. The van der Waals surface area contributed by atoms with E-state index in [1.165, 1.54) is 0 Å². The number of para-hydroxylation sites is 2. The maximum absolute atomic E-state index is 11.5. The molecule has 1 aromatic heterocycles. The Morgan fingerprint density at radius 2 is 1.95 bits per heavy atom. The second-order valence-electron chi connectivity index (χ2n) is 5.06. The third-order valence-electron chi connectivity index (χ3n) is 3.60. The maximum Gasteiger partial charge on any atom is 0.150 e. The Morgan fingerprint density at radius 3 is 2.65 bits per heavy atom. The minimum atomic E-state index is -2.82. The molecule has 20 heavy (non-hydrogen) atoms. The first kappa shape index (κ1) is 13.2. The van der Waals surface area contributed by atoms with Crippen molar-refractivity contribution in [2.45, 2.75) is 18.9 Å². The third kappa shape index (κ3) is 2.85. The minimum Gasteiger partial charge on any atom is -0.381 e. The Bertz CT molecular complexity index is 666. The van der Waals surface area contributed by atoms with E-state index in [0.717, 1.165) is 11.4 Å². The molecule has 2 aromatic rings. The van der Waals surface area contributed by atoms with Crippen molar-refractivity contribution in [3.8, 4) is 5.69 Å². The number of nitrogens with zero attached hydrogens (tertiary/aromatic N) is 2. The van der Waals surface area contributed by atoms with Crippen molar-refractivity contribution in [1.82, 2.24) is 9.55 Å². The zero-order valence-electron chi connectivity index (χ0n) is 11.1. The minimum absolute atomic E-state index is 0.211. The number of imidazole rings is 1. The van der Waals surface area contributed by atoms with Crippen molar-refractivity contribution in [2.75, 3.05) is 16.8 Å². The molecule has 0 spiro atoms. The van der Waals surface area contributed by atoms with Gasteiger partial charge >= 0.3 is 0 Å². The average molecular weight is 291 g/mol. The van der Waals surface area contributed by atoms with E-state index in [9.17, 15) is 8.42 Å². The van der Waals surface area contributed by atoms with Gasteiger partial charge in [0.2, 0.25) is 0 Å². The largest absolute Gasteiger partial charge is 0.381 e. The number of hydrogen-bond donors (Lipinski definition) is 1. The summed E-state index contributed by atoms with van der Waals surface area (Å²) in [5, 5.41) is 3.46. The van der Waals surface area contributed by atoms with Crippen molar-refractivity contribution in [1.29, 1.82) is 0 Å². The predicted octanol–water partition coefficient (Wildman–Crippen LogP) is 1.86. The molecular weight excluding hydrogens is 274 g/mol. The zero-order chi connectivity index (χ0) is 14.0. The summed E-state index contributed by atoms with van der Waals surface area (Å²) < 4.78 is 24.9. The van der Waals surface area contributed by atoms with Gasteiger partial charge in [0.1, 0.15) is 9.84 Å². The summed E-state index contributed by atoms with van der Waals surface area (Å²) in [5.74, 6) is 0.551. The summed E-state index contributed by atoms with van der Waals surface area (Å²) in [5.41, 5.74) is 2.04. The van der Waals surface area contributed by atoms with Crippen LogP contribution in [0.1, 0.15) is 12.8 Å². The Hall–Kier alpha value is -1.82. The molecule has 1 N–H and O–H groups in total. The van der Waals surface area contributed by atoms with Crippen LogP contribution in [0, 0.1) is 0 Å². The highest BCUT2D eigenvalue weighted by molar-refractivity contribution is 7.91. The molecule has 5 nitrogen and oxygen atoms in total. The standard InChI is InChI=1S/C14H17N3O2S/c18-20(19)9-5-12(6-10-20)16-13-3-1-2-4-14(13)17-8-7-15-11-17/h1-4,7-8,11-12,16H,5-6,9-10H2. The third-order valence-corrected chi connectivity index (χ3v) is 5.32. The zero-order valence-corrected chi connectivity index (χ0v) is 11.9. The SMILES string of the molecule is O=S1(=O)CCC(Nc2ccccc2-n2ccnc2)CC1. The van der Waals surface area contributed by atoms with Crippen LogP contribution in [0.2, 0.25) is 0 Å². The highest BCUT2D eigenvalue weighted by Gasteiger charge is 2.23. The Morgan fingerprint density at radius 1 is 1.20 bits per heavy atom. The fourth-order valence-electron chi connectivity index (χ4n) is 2.48. The molecule has 1 aliphatic heterocycles. The van der Waals surface area contributed by atoms with Crippen LogP contribution in [0.3, 0.4) is 0 Å². The molecule has 6 heteroatoms. The van der Waals surface area contributed by atoms with Crippen LogP contribution in [-0.4, -0.2) is 35.5 Å². The van der Waals surface area contributed by atoms with E-state index in [4.69, 9.17) is 0 Å². The summed E-state index contributed by atoms with van der Waals surface area (Å²) in [6.07, 6.45) is 6.73. The van der Waals surface area contributed by atoms with E-state index >= 15 is 0 Å². The van der Waals surface area contributed by atoms with Gasteiger partial charge in [0.15, 0.2) is 0 Å². The molecular formula is C14H17N3O2S. The van der Waals surface area contributed by atoms with Crippen LogP contribution >= 0.6 is 0 Å². The summed E-state index contributed by atoms with van der Waals surface area (Å²) in [7, 11) is -2.82. The average Bonchev–Trinajstić information content (AvgIpc) is 2.96. The Balaban J connectivity index is 1.79. The summed E-state index contributed by atoms with van der Waals surface area (Å²) in [6.45, 7) is 0. The van der Waals surface area contributed by atoms with E-state index in [0.29, 0.717) is 12.8 Å². The van der Waals surface area contributed by atoms with E-state index in [-0.39, 0.29) is 17.5 Å². The Labute approximate surface area is 118 Å². The van der Waals surface area contributed by atoms with Crippen molar-refractivity contribution >= 4 is 15.5 Å². The lowest BCUT2D eigenvalue weighted by molar-refractivity contribution is 0.559. The monoisotopic (exact) mass is 291 g/mol. The van der Waals surface area contributed by atoms with Gasteiger partial charge in [-0.25, -0.2) is 13.4 Å². The molecule has 2 heterocycles.